The zero-order chi connectivity index (χ0) is 21.2. The van der Waals surface area contributed by atoms with Crippen molar-refractivity contribution in [2.75, 3.05) is 49.6 Å². The first-order valence-electron chi connectivity index (χ1n) is 11.3. The van der Waals surface area contributed by atoms with Crippen molar-refractivity contribution in [1.82, 2.24) is 4.90 Å². The van der Waals surface area contributed by atoms with Crippen molar-refractivity contribution in [3.05, 3.63) is 45.6 Å². The van der Waals surface area contributed by atoms with Crippen LogP contribution < -0.4 is 10.2 Å². The van der Waals surface area contributed by atoms with Crippen LogP contribution in [0, 0.1) is 5.92 Å². The van der Waals surface area contributed by atoms with E-state index in [1.54, 1.807) is 11.3 Å². The maximum atomic E-state index is 12.9. The molecule has 0 spiro atoms. The van der Waals surface area contributed by atoms with Crippen LogP contribution in [0.4, 0.5) is 11.4 Å². The topological polar surface area (TPSA) is 61.9 Å². The maximum absolute atomic E-state index is 12.9. The lowest BCUT2D eigenvalue weighted by molar-refractivity contribution is -0.120. The number of nitrogens with zero attached hydrogens (tertiary/aromatic N) is 2. The van der Waals surface area contributed by atoms with Gasteiger partial charge in [0.05, 0.1) is 18.1 Å². The highest BCUT2D eigenvalue weighted by Gasteiger charge is 2.29. The van der Waals surface area contributed by atoms with Gasteiger partial charge in [-0.15, -0.1) is 11.3 Å². The lowest BCUT2D eigenvalue weighted by Gasteiger charge is -2.29. The molecule has 0 bridgehead atoms. The summed E-state index contributed by atoms with van der Waals surface area (Å²) in [5.41, 5.74) is 3.18. The molecule has 0 radical (unpaired) electrons. The number of benzene rings is 1. The van der Waals surface area contributed by atoms with Gasteiger partial charge in [-0.3, -0.25) is 9.59 Å². The fraction of sp³-hybridized carbons (Fsp3) is 0.500. The predicted octanol–water partition coefficient (Wildman–Crippen LogP) is 3.56. The highest BCUT2D eigenvalue weighted by molar-refractivity contribution is 7.14. The predicted molar refractivity (Wildman–Crippen MR) is 123 cm³/mol. The smallest absolute Gasteiger partial charge is 0.263 e. The molecule has 7 heteroatoms. The van der Waals surface area contributed by atoms with E-state index in [1.807, 2.05) is 23.1 Å². The summed E-state index contributed by atoms with van der Waals surface area (Å²) in [6, 6.07) is 10.1. The van der Waals surface area contributed by atoms with Gasteiger partial charge in [-0.25, -0.2) is 0 Å². The van der Waals surface area contributed by atoms with E-state index in [9.17, 15) is 9.59 Å². The lowest BCUT2D eigenvalue weighted by atomic mass is 9.87. The Morgan fingerprint density at radius 2 is 1.77 bits per heavy atom. The van der Waals surface area contributed by atoms with Gasteiger partial charge < -0.3 is 19.9 Å². The maximum Gasteiger partial charge on any atom is 0.263 e. The number of nitrogens with one attached hydrogen (secondary N) is 1. The van der Waals surface area contributed by atoms with Crippen LogP contribution in [0.25, 0.3) is 0 Å². The number of likely N-dealkylation sites (tertiary alicyclic amines) is 1. The number of rotatable bonds is 4. The van der Waals surface area contributed by atoms with E-state index in [1.165, 1.54) is 10.4 Å². The first-order chi connectivity index (χ1) is 15.2. The number of hydrogen-bond acceptors (Lipinski definition) is 5. The van der Waals surface area contributed by atoms with Crippen molar-refractivity contribution >= 4 is 34.5 Å². The van der Waals surface area contributed by atoms with Crippen LogP contribution in [-0.2, 0) is 22.4 Å². The Kier molecular flexibility index (Phi) is 5.96. The average Bonchev–Trinajstić information content (AvgIpc) is 3.49. The molecule has 1 aliphatic carbocycles. The van der Waals surface area contributed by atoms with Crippen LogP contribution in [-0.4, -0.2) is 56.1 Å². The number of carbonyl (C=O) groups is 2. The zero-order valence-corrected chi connectivity index (χ0v) is 18.6. The van der Waals surface area contributed by atoms with E-state index in [4.69, 9.17) is 4.74 Å². The highest BCUT2D eigenvalue weighted by atomic mass is 32.1. The van der Waals surface area contributed by atoms with Crippen molar-refractivity contribution in [2.45, 2.75) is 32.1 Å². The molecule has 5 rings (SSSR count). The van der Waals surface area contributed by atoms with Crippen LogP contribution >= 0.6 is 11.3 Å². The third-order valence-corrected chi connectivity index (χ3v) is 7.79. The minimum Gasteiger partial charge on any atom is -0.378 e. The standard InChI is InChI=1S/C24H29N3O3S/c28-23(25-19-4-6-20(7-5-19)26-11-13-30-14-12-26)17-3-8-21-18(15-17)16-22(31-21)24(29)27-9-1-2-10-27/h4-7,16-17H,1-3,8-15H2,(H,25,28). The number of anilines is 2. The second-order valence-corrected chi connectivity index (χ2v) is 9.77. The van der Waals surface area contributed by atoms with Gasteiger partial charge in [0.2, 0.25) is 5.91 Å². The highest BCUT2D eigenvalue weighted by Crippen LogP contribution is 2.34. The molecule has 2 aromatic rings. The molecule has 1 atom stereocenters. The van der Waals surface area contributed by atoms with Crippen molar-refractivity contribution in [3.63, 3.8) is 0 Å². The molecule has 2 saturated heterocycles. The number of amides is 2. The summed E-state index contributed by atoms with van der Waals surface area (Å²) < 4.78 is 5.41. The Morgan fingerprint density at radius 3 is 2.52 bits per heavy atom. The van der Waals surface area contributed by atoms with E-state index in [-0.39, 0.29) is 17.7 Å². The molecule has 1 aromatic carbocycles. The minimum atomic E-state index is -0.0456. The number of ether oxygens (including phenoxy) is 1. The van der Waals surface area contributed by atoms with Gasteiger partial charge >= 0.3 is 0 Å². The van der Waals surface area contributed by atoms with E-state index in [0.29, 0.717) is 0 Å². The van der Waals surface area contributed by atoms with Crippen LogP contribution in [0.3, 0.4) is 0 Å². The molecule has 1 aromatic heterocycles. The van der Waals surface area contributed by atoms with Crippen LogP contribution in [0.1, 0.15) is 39.4 Å². The number of aryl methyl sites for hydroxylation is 1. The van der Waals surface area contributed by atoms with Crippen molar-refractivity contribution in [2.24, 2.45) is 5.92 Å². The molecule has 1 N–H and O–H groups in total. The second-order valence-electron chi connectivity index (χ2n) is 8.63. The SMILES string of the molecule is O=C(Nc1ccc(N2CCOCC2)cc1)C1CCc2sc(C(=O)N3CCCC3)cc2C1. The molecule has 2 fully saturated rings. The number of carbonyl (C=O) groups excluding carboxylic acids is 2. The molecule has 0 saturated carbocycles. The van der Waals surface area contributed by atoms with E-state index < -0.39 is 0 Å². The number of morpholine rings is 1. The van der Waals surface area contributed by atoms with Gasteiger partial charge in [0.1, 0.15) is 0 Å². The summed E-state index contributed by atoms with van der Waals surface area (Å²) >= 11 is 1.63. The van der Waals surface area contributed by atoms with Gasteiger partial charge in [0.25, 0.3) is 5.91 Å². The van der Waals surface area contributed by atoms with Gasteiger partial charge in [0.15, 0.2) is 0 Å². The first kappa shape index (κ1) is 20.5. The molecular weight excluding hydrogens is 410 g/mol. The Morgan fingerprint density at radius 1 is 1.03 bits per heavy atom. The molecule has 2 aliphatic heterocycles. The fourth-order valence-corrected chi connectivity index (χ4v) is 5.93. The number of hydrogen-bond donors (Lipinski definition) is 1. The first-order valence-corrected chi connectivity index (χ1v) is 12.1. The molecule has 3 aliphatic rings. The number of fused-ring (bicyclic) bond motifs is 1. The Balaban J connectivity index is 1.20. The lowest BCUT2D eigenvalue weighted by Crippen LogP contribution is -2.36. The van der Waals surface area contributed by atoms with Gasteiger partial charge in [0, 0.05) is 48.3 Å². The fourth-order valence-electron chi connectivity index (χ4n) is 4.75. The minimum absolute atomic E-state index is 0.0456. The Labute approximate surface area is 187 Å². The summed E-state index contributed by atoms with van der Waals surface area (Å²) in [5.74, 6) is 0.192. The Bertz CT molecular complexity index is 943. The third-order valence-electron chi connectivity index (χ3n) is 6.57. The Hall–Kier alpha value is -2.38. The monoisotopic (exact) mass is 439 g/mol. The molecular formula is C24H29N3O3S. The van der Waals surface area contributed by atoms with E-state index in [0.717, 1.165) is 87.7 Å². The van der Waals surface area contributed by atoms with Crippen LogP contribution in [0.5, 0.6) is 0 Å². The van der Waals surface area contributed by atoms with Gasteiger partial charge in [-0.2, -0.15) is 0 Å². The summed E-state index contributed by atoms with van der Waals surface area (Å²) in [5, 5.41) is 3.09. The molecule has 164 valence electrons. The molecule has 2 amide bonds. The second kappa shape index (κ2) is 9.01. The van der Waals surface area contributed by atoms with Crippen LogP contribution in [0.15, 0.2) is 30.3 Å². The number of thiophene rings is 1. The quantitative estimate of drug-likeness (QED) is 0.791. The molecule has 31 heavy (non-hydrogen) atoms. The van der Waals surface area contributed by atoms with Crippen molar-refractivity contribution < 1.29 is 14.3 Å². The van der Waals surface area contributed by atoms with Crippen molar-refractivity contribution in [3.8, 4) is 0 Å². The summed E-state index contributed by atoms with van der Waals surface area (Å²) in [7, 11) is 0. The molecule has 3 heterocycles. The van der Waals surface area contributed by atoms with Crippen molar-refractivity contribution in [1.29, 1.82) is 0 Å². The molecule has 6 nitrogen and oxygen atoms in total. The largest absolute Gasteiger partial charge is 0.378 e. The van der Waals surface area contributed by atoms with Gasteiger partial charge in [-0.1, -0.05) is 0 Å². The average molecular weight is 440 g/mol. The van der Waals surface area contributed by atoms with Crippen LogP contribution in [0.2, 0.25) is 0 Å². The summed E-state index contributed by atoms with van der Waals surface area (Å²) in [6.07, 6.45) is 4.64. The molecule has 1 unspecified atom stereocenters. The normalized spacial score (nSPS) is 21.1. The summed E-state index contributed by atoms with van der Waals surface area (Å²) in [4.78, 5) is 32.0. The summed E-state index contributed by atoms with van der Waals surface area (Å²) in [6.45, 7) is 5.07. The van der Waals surface area contributed by atoms with E-state index >= 15 is 0 Å². The third kappa shape index (κ3) is 4.48. The zero-order valence-electron chi connectivity index (χ0n) is 17.8. The van der Waals surface area contributed by atoms with Gasteiger partial charge in [-0.05, 0) is 68.0 Å². The van der Waals surface area contributed by atoms with E-state index in [2.05, 4.69) is 22.3 Å².